The highest BCUT2D eigenvalue weighted by molar-refractivity contribution is 6.10. The van der Waals surface area contributed by atoms with Gasteiger partial charge in [0.1, 0.15) is 17.1 Å². The van der Waals surface area contributed by atoms with E-state index in [1.54, 1.807) is 18.2 Å². The highest BCUT2D eigenvalue weighted by Crippen LogP contribution is 2.29. The standard InChI is InChI=1S/C18H18O3/c1-13(2)21-17-10-6-9-15(19)18(17)16(20)12-11-14-7-4-3-5-8-14/h3-13,19H,1-2H3. The largest absolute Gasteiger partial charge is 0.507 e. The molecule has 1 N–H and O–H groups in total. The summed E-state index contributed by atoms with van der Waals surface area (Å²) in [4.78, 5) is 12.3. The highest BCUT2D eigenvalue weighted by atomic mass is 16.5. The molecule has 0 atom stereocenters. The van der Waals surface area contributed by atoms with Crippen molar-refractivity contribution in [2.24, 2.45) is 0 Å². The van der Waals surface area contributed by atoms with Crippen LogP contribution in [0.15, 0.2) is 54.6 Å². The lowest BCUT2D eigenvalue weighted by Crippen LogP contribution is -2.09. The van der Waals surface area contributed by atoms with Crippen molar-refractivity contribution in [1.82, 2.24) is 0 Å². The lowest BCUT2D eigenvalue weighted by atomic mass is 10.1. The van der Waals surface area contributed by atoms with E-state index in [4.69, 9.17) is 4.74 Å². The fourth-order valence-electron chi connectivity index (χ4n) is 1.94. The van der Waals surface area contributed by atoms with E-state index in [0.717, 1.165) is 5.56 Å². The molecule has 0 radical (unpaired) electrons. The molecule has 0 aromatic heterocycles. The number of carbonyl (C=O) groups is 1. The van der Waals surface area contributed by atoms with Crippen molar-refractivity contribution in [3.63, 3.8) is 0 Å². The van der Waals surface area contributed by atoms with Crippen LogP contribution < -0.4 is 4.74 Å². The Bertz CT molecular complexity index is 643. The normalized spacial score (nSPS) is 11.0. The summed E-state index contributed by atoms with van der Waals surface area (Å²) in [6, 6.07) is 14.3. The molecule has 0 heterocycles. The Morgan fingerprint density at radius 2 is 1.81 bits per heavy atom. The van der Waals surface area contributed by atoms with Gasteiger partial charge in [0.2, 0.25) is 0 Å². The zero-order valence-electron chi connectivity index (χ0n) is 12.1. The van der Waals surface area contributed by atoms with Crippen LogP contribution in [0.25, 0.3) is 6.08 Å². The SMILES string of the molecule is CC(C)Oc1cccc(O)c1C(=O)C=Cc1ccccc1. The summed E-state index contributed by atoms with van der Waals surface area (Å²) in [7, 11) is 0. The fraction of sp³-hybridized carbons (Fsp3) is 0.167. The molecule has 0 fully saturated rings. The highest BCUT2D eigenvalue weighted by Gasteiger charge is 2.16. The summed E-state index contributed by atoms with van der Waals surface area (Å²) < 4.78 is 5.58. The average Bonchev–Trinajstić information content (AvgIpc) is 2.45. The Morgan fingerprint density at radius 3 is 2.48 bits per heavy atom. The number of aromatic hydroxyl groups is 1. The van der Waals surface area contributed by atoms with Gasteiger partial charge in [-0.25, -0.2) is 0 Å². The van der Waals surface area contributed by atoms with Gasteiger partial charge in [0.05, 0.1) is 6.10 Å². The van der Waals surface area contributed by atoms with Gasteiger partial charge in [-0.2, -0.15) is 0 Å². The lowest BCUT2D eigenvalue weighted by Gasteiger charge is -2.13. The van der Waals surface area contributed by atoms with E-state index in [1.165, 1.54) is 12.1 Å². The molecular formula is C18H18O3. The van der Waals surface area contributed by atoms with Crippen LogP contribution in [-0.2, 0) is 0 Å². The molecular weight excluding hydrogens is 264 g/mol. The molecule has 0 saturated heterocycles. The molecule has 0 saturated carbocycles. The zero-order valence-corrected chi connectivity index (χ0v) is 12.1. The van der Waals surface area contributed by atoms with E-state index < -0.39 is 0 Å². The van der Waals surface area contributed by atoms with Gasteiger partial charge in [0.25, 0.3) is 0 Å². The Kier molecular flexibility index (Phi) is 4.77. The van der Waals surface area contributed by atoms with Gasteiger partial charge in [-0.05, 0) is 37.6 Å². The summed E-state index contributed by atoms with van der Waals surface area (Å²) in [6.07, 6.45) is 3.09. The minimum absolute atomic E-state index is 0.0727. The number of rotatable bonds is 5. The third-order valence-electron chi connectivity index (χ3n) is 2.84. The molecule has 0 amide bonds. The van der Waals surface area contributed by atoms with Crippen molar-refractivity contribution < 1.29 is 14.6 Å². The van der Waals surface area contributed by atoms with E-state index in [9.17, 15) is 9.90 Å². The number of hydrogen-bond acceptors (Lipinski definition) is 3. The van der Waals surface area contributed by atoms with Gasteiger partial charge in [-0.3, -0.25) is 4.79 Å². The van der Waals surface area contributed by atoms with E-state index in [-0.39, 0.29) is 23.2 Å². The van der Waals surface area contributed by atoms with Crippen molar-refractivity contribution in [1.29, 1.82) is 0 Å². The zero-order chi connectivity index (χ0) is 15.2. The van der Waals surface area contributed by atoms with Crippen molar-refractivity contribution in [2.75, 3.05) is 0 Å². The van der Waals surface area contributed by atoms with Crippen LogP contribution in [0.5, 0.6) is 11.5 Å². The number of allylic oxidation sites excluding steroid dienone is 1. The predicted octanol–water partition coefficient (Wildman–Crippen LogP) is 4.08. The topological polar surface area (TPSA) is 46.5 Å². The second-order valence-electron chi connectivity index (χ2n) is 4.93. The molecule has 0 aliphatic heterocycles. The summed E-state index contributed by atoms with van der Waals surface area (Å²) in [5.74, 6) is 0.0381. The van der Waals surface area contributed by atoms with Gasteiger partial charge in [0, 0.05) is 0 Å². The molecule has 3 nitrogen and oxygen atoms in total. The fourth-order valence-corrected chi connectivity index (χ4v) is 1.94. The van der Waals surface area contributed by atoms with E-state index in [1.807, 2.05) is 44.2 Å². The molecule has 3 heteroatoms. The minimum atomic E-state index is -0.285. The van der Waals surface area contributed by atoms with E-state index in [2.05, 4.69) is 0 Å². The number of phenolic OH excluding ortho intramolecular Hbond substituents is 1. The molecule has 0 bridgehead atoms. The first-order valence-corrected chi connectivity index (χ1v) is 6.84. The van der Waals surface area contributed by atoms with Crippen molar-refractivity contribution in [3.8, 4) is 11.5 Å². The molecule has 108 valence electrons. The van der Waals surface area contributed by atoms with E-state index >= 15 is 0 Å². The maximum Gasteiger partial charge on any atom is 0.193 e. The van der Waals surface area contributed by atoms with Crippen LogP contribution in [0, 0.1) is 0 Å². The van der Waals surface area contributed by atoms with Crippen LogP contribution in [0.3, 0.4) is 0 Å². The molecule has 2 aromatic carbocycles. The third-order valence-corrected chi connectivity index (χ3v) is 2.84. The van der Waals surface area contributed by atoms with Crippen LogP contribution in [0.2, 0.25) is 0 Å². The molecule has 2 rings (SSSR count). The van der Waals surface area contributed by atoms with E-state index in [0.29, 0.717) is 5.75 Å². The van der Waals surface area contributed by atoms with Crippen molar-refractivity contribution in [2.45, 2.75) is 20.0 Å². The Morgan fingerprint density at radius 1 is 1.10 bits per heavy atom. The van der Waals surface area contributed by atoms with Gasteiger partial charge >= 0.3 is 0 Å². The summed E-state index contributed by atoms with van der Waals surface area (Å²) in [5, 5.41) is 9.94. The number of ketones is 1. The summed E-state index contributed by atoms with van der Waals surface area (Å²) >= 11 is 0. The van der Waals surface area contributed by atoms with Gasteiger partial charge < -0.3 is 9.84 Å². The molecule has 0 aliphatic rings. The number of benzene rings is 2. The first-order chi connectivity index (χ1) is 10.1. The predicted molar refractivity (Wildman–Crippen MR) is 83.7 cm³/mol. The van der Waals surface area contributed by atoms with Gasteiger partial charge in [-0.1, -0.05) is 42.5 Å². The van der Waals surface area contributed by atoms with Crippen LogP contribution >= 0.6 is 0 Å². The Balaban J connectivity index is 2.28. The Labute approximate surface area is 124 Å². The first-order valence-electron chi connectivity index (χ1n) is 6.84. The molecule has 2 aromatic rings. The first kappa shape index (κ1) is 14.9. The summed E-state index contributed by atoms with van der Waals surface area (Å²) in [5.41, 5.74) is 1.12. The maximum absolute atomic E-state index is 12.3. The molecule has 21 heavy (non-hydrogen) atoms. The number of ether oxygens (including phenoxy) is 1. The van der Waals surface area contributed by atoms with Crippen molar-refractivity contribution in [3.05, 3.63) is 65.7 Å². The van der Waals surface area contributed by atoms with Gasteiger partial charge in [0.15, 0.2) is 5.78 Å². The summed E-state index contributed by atoms with van der Waals surface area (Å²) in [6.45, 7) is 3.75. The van der Waals surface area contributed by atoms with Gasteiger partial charge in [-0.15, -0.1) is 0 Å². The molecule has 0 spiro atoms. The Hall–Kier alpha value is -2.55. The lowest BCUT2D eigenvalue weighted by molar-refractivity contribution is 0.103. The number of hydrogen-bond donors (Lipinski definition) is 1. The molecule has 0 unspecified atom stereocenters. The average molecular weight is 282 g/mol. The smallest absolute Gasteiger partial charge is 0.193 e. The third kappa shape index (κ3) is 3.96. The quantitative estimate of drug-likeness (QED) is 0.664. The second-order valence-corrected chi connectivity index (χ2v) is 4.93. The van der Waals surface area contributed by atoms with Crippen molar-refractivity contribution >= 4 is 11.9 Å². The molecule has 0 aliphatic carbocycles. The maximum atomic E-state index is 12.3. The minimum Gasteiger partial charge on any atom is -0.507 e. The van der Waals surface area contributed by atoms with Crippen LogP contribution in [0.1, 0.15) is 29.8 Å². The van der Waals surface area contributed by atoms with Crippen LogP contribution in [-0.4, -0.2) is 17.0 Å². The number of phenols is 1. The second kappa shape index (κ2) is 6.75. The number of carbonyl (C=O) groups excluding carboxylic acids is 1. The van der Waals surface area contributed by atoms with Crippen LogP contribution in [0.4, 0.5) is 0 Å². The monoisotopic (exact) mass is 282 g/mol.